The van der Waals surface area contributed by atoms with Crippen molar-refractivity contribution in [3.63, 3.8) is 0 Å². The normalized spacial score (nSPS) is 20.2. The predicted octanol–water partition coefficient (Wildman–Crippen LogP) is 3.48. The van der Waals surface area contributed by atoms with Gasteiger partial charge in [-0.25, -0.2) is 4.98 Å². The Morgan fingerprint density at radius 3 is 3.16 bits per heavy atom. The van der Waals surface area contributed by atoms with Gasteiger partial charge in [-0.15, -0.1) is 0 Å². The maximum atomic E-state index is 4.90. The van der Waals surface area contributed by atoms with Crippen LogP contribution >= 0.6 is 0 Å². The zero-order valence-corrected chi connectivity index (χ0v) is 11.3. The first-order valence-corrected chi connectivity index (χ1v) is 7.31. The van der Waals surface area contributed by atoms with Crippen LogP contribution in [-0.2, 0) is 12.8 Å². The van der Waals surface area contributed by atoms with Crippen LogP contribution in [0.2, 0.25) is 0 Å². The SMILES string of the molecule is CCC1CCc2[nH]c(-c3cccc4c3NCC4)nc21. The molecule has 2 aromatic rings. The molecule has 0 fully saturated rings. The maximum Gasteiger partial charge on any atom is 0.139 e. The maximum absolute atomic E-state index is 4.90. The van der Waals surface area contributed by atoms with Gasteiger partial charge in [0.1, 0.15) is 5.82 Å². The van der Waals surface area contributed by atoms with E-state index in [1.54, 1.807) is 0 Å². The lowest BCUT2D eigenvalue weighted by Gasteiger charge is -2.07. The van der Waals surface area contributed by atoms with E-state index in [9.17, 15) is 0 Å². The van der Waals surface area contributed by atoms with Crippen molar-refractivity contribution in [1.82, 2.24) is 9.97 Å². The fourth-order valence-corrected chi connectivity index (χ4v) is 3.47. The van der Waals surface area contributed by atoms with Crippen LogP contribution < -0.4 is 5.32 Å². The summed E-state index contributed by atoms with van der Waals surface area (Å²) in [7, 11) is 0. The van der Waals surface area contributed by atoms with E-state index in [2.05, 4.69) is 35.4 Å². The van der Waals surface area contributed by atoms with Gasteiger partial charge >= 0.3 is 0 Å². The van der Waals surface area contributed by atoms with E-state index in [1.165, 1.54) is 41.0 Å². The minimum atomic E-state index is 0.657. The van der Waals surface area contributed by atoms with Crippen LogP contribution in [0.4, 0.5) is 5.69 Å². The highest BCUT2D eigenvalue weighted by Crippen LogP contribution is 2.38. The molecule has 19 heavy (non-hydrogen) atoms. The fourth-order valence-electron chi connectivity index (χ4n) is 3.47. The third-order valence-corrected chi connectivity index (χ3v) is 4.54. The molecule has 0 spiro atoms. The van der Waals surface area contributed by atoms with Crippen molar-refractivity contribution in [2.45, 2.75) is 38.5 Å². The Labute approximate surface area is 113 Å². The number of aryl methyl sites for hydroxylation is 1. The van der Waals surface area contributed by atoms with E-state index in [0.717, 1.165) is 25.2 Å². The number of aromatic nitrogens is 2. The van der Waals surface area contributed by atoms with Gasteiger partial charge in [0.15, 0.2) is 0 Å². The van der Waals surface area contributed by atoms with Gasteiger partial charge in [-0.05, 0) is 37.3 Å². The van der Waals surface area contributed by atoms with Gasteiger partial charge in [0, 0.05) is 29.4 Å². The van der Waals surface area contributed by atoms with Gasteiger partial charge in [0.25, 0.3) is 0 Å². The quantitative estimate of drug-likeness (QED) is 0.860. The predicted molar refractivity (Wildman–Crippen MR) is 77.6 cm³/mol. The van der Waals surface area contributed by atoms with Crippen molar-refractivity contribution in [3.05, 3.63) is 35.2 Å². The largest absolute Gasteiger partial charge is 0.384 e. The molecule has 98 valence electrons. The number of hydrogen-bond donors (Lipinski definition) is 2. The zero-order chi connectivity index (χ0) is 12.8. The summed E-state index contributed by atoms with van der Waals surface area (Å²) in [5.41, 5.74) is 6.61. The average molecular weight is 253 g/mol. The number of rotatable bonds is 2. The lowest BCUT2D eigenvalue weighted by atomic mass is 10.0. The first-order valence-electron chi connectivity index (χ1n) is 7.31. The smallest absolute Gasteiger partial charge is 0.139 e. The first-order chi connectivity index (χ1) is 9.36. The number of anilines is 1. The fraction of sp³-hybridized carbons (Fsp3) is 0.438. The van der Waals surface area contributed by atoms with E-state index in [0.29, 0.717) is 5.92 Å². The van der Waals surface area contributed by atoms with Crippen molar-refractivity contribution in [2.75, 3.05) is 11.9 Å². The van der Waals surface area contributed by atoms with Gasteiger partial charge in [-0.2, -0.15) is 0 Å². The lowest BCUT2D eigenvalue weighted by Crippen LogP contribution is -1.95. The number of benzene rings is 1. The highest BCUT2D eigenvalue weighted by molar-refractivity contribution is 5.78. The van der Waals surface area contributed by atoms with Gasteiger partial charge < -0.3 is 10.3 Å². The molecule has 1 aliphatic heterocycles. The summed E-state index contributed by atoms with van der Waals surface area (Å²) in [6, 6.07) is 6.53. The Morgan fingerprint density at radius 2 is 2.26 bits per heavy atom. The van der Waals surface area contributed by atoms with Gasteiger partial charge in [0.2, 0.25) is 0 Å². The number of H-pyrrole nitrogens is 1. The van der Waals surface area contributed by atoms with E-state index in [4.69, 9.17) is 4.98 Å². The average Bonchev–Trinajstić information content (AvgIpc) is 3.12. The minimum Gasteiger partial charge on any atom is -0.384 e. The number of fused-ring (bicyclic) bond motifs is 2. The van der Waals surface area contributed by atoms with Gasteiger partial charge in [-0.1, -0.05) is 19.1 Å². The number of hydrogen-bond acceptors (Lipinski definition) is 2. The number of imidazole rings is 1. The molecule has 0 saturated heterocycles. The highest BCUT2D eigenvalue weighted by atomic mass is 15.0. The Morgan fingerprint density at radius 1 is 1.32 bits per heavy atom. The molecule has 2 aliphatic rings. The minimum absolute atomic E-state index is 0.657. The molecule has 1 aromatic heterocycles. The summed E-state index contributed by atoms with van der Waals surface area (Å²) in [4.78, 5) is 8.45. The molecule has 0 amide bonds. The van der Waals surface area contributed by atoms with Gasteiger partial charge in [0.05, 0.1) is 5.69 Å². The third-order valence-electron chi connectivity index (χ3n) is 4.54. The van der Waals surface area contributed by atoms with Crippen molar-refractivity contribution in [1.29, 1.82) is 0 Å². The molecule has 3 nitrogen and oxygen atoms in total. The lowest BCUT2D eigenvalue weighted by molar-refractivity contribution is 0.641. The standard InChI is InChI=1S/C16H19N3/c1-2-10-6-7-13-15(10)19-16(18-13)12-5-3-4-11-8-9-17-14(11)12/h3-5,10,17H,2,6-9H2,1H3,(H,18,19). The third kappa shape index (κ3) is 1.61. The molecular formula is C16H19N3. The van der Waals surface area contributed by atoms with Crippen LogP contribution in [0.5, 0.6) is 0 Å². The van der Waals surface area contributed by atoms with Crippen LogP contribution in [-0.4, -0.2) is 16.5 Å². The number of nitrogens with one attached hydrogen (secondary N) is 2. The summed E-state index contributed by atoms with van der Waals surface area (Å²) in [6.07, 6.45) is 4.74. The summed E-state index contributed by atoms with van der Waals surface area (Å²) < 4.78 is 0. The molecule has 3 heteroatoms. The van der Waals surface area contributed by atoms with Crippen LogP contribution in [0, 0.1) is 0 Å². The summed E-state index contributed by atoms with van der Waals surface area (Å²) in [5.74, 6) is 1.71. The summed E-state index contributed by atoms with van der Waals surface area (Å²) >= 11 is 0. The van der Waals surface area contributed by atoms with Crippen molar-refractivity contribution in [3.8, 4) is 11.4 Å². The van der Waals surface area contributed by atoms with Gasteiger partial charge in [-0.3, -0.25) is 0 Å². The zero-order valence-electron chi connectivity index (χ0n) is 11.3. The van der Waals surface area contributed by atoms with Crippen LogP contribution in [0.15, 0.2) is 18.2 Å². The van der Waals surface area contributed by atoms with E-state index < -0.39 is 0 Å². The first kappa shape index (κ1) is 11.1. The topological polar surface area (TPSA) is 40.7 Å². The Bertz CT molecular complexity index is 627. The molecular weight excluding hydrogens is 234 g/mol. The molecule has 1 unspecified atom stereocenters. The summed E-state index contributed by atoms with van der Waals surface area (Å²) in [6.45, 7) is 3.31. The number of nitrogens with zero attached hydrogens (tertiary/aromatic N) is 1. The van der Waals surface area contributed by atoms with E-state index in [-0.39, 0.29) is 0 Å². The molecule has 4 rings (SSSR count). The number of para-hydroxylation sites is 1. The van der Waals surface area contributed by atoms with Crippen LogP contribution in [0.25, 0.3) is 11.4 Å². The van der Waals surface area contributed by atoms with Crippen LogP contribution in [0.3, 0.4) is 0 Å². The van der Waals surface area contributed by atoms with E-state index >= 15 is 0 Å². The second-order valence-corrected chi connectivity index (χ2v) is 5.61. The Kier molecular flexibility index (Phi) is 2.40. The molecule has 0 saturated carbocycles. The molecule has 1 aromatic carbocycles. The molecule has 0 bridgehead atoms. The van der Waals surface area contributed by atoms with Crippen LogP contribution in [0.1, 0.15) is 42.6 Å². The van der Waals surface area contributed by atoms with Crippen molar-refractivity contribution < 1.29 is 0 Å². The van der Waals surface area contributed by atoms with E-state index in [1.807, 2.05) is 0 Å². The summed E-state index contributed by atoms with van der Waals surface area (Å²) in [5, 5.41) is 3.50. The Balaban J connectivity index is 1.80. The highest BCUT2D eigenvalue weighted by Gasteiger charge is 2.26. The molecule has 1 aliphatic carbocycles. The number of aromatic amines is 1. The molecule has 2 heterocycles. The second kappa shape index (κ2) is 4.12. The Hall–Kier alpha value is -1.77. The second-order valence-electron chi connectivity index (χ2n) is 5.61. The molecule has 2 N–H and O–H groups in total. The van der Waals surface area contributed by atoms with Crippen molar-refractivity contribution >= 4 is 5.69 Å². The van der Waals surface area contributed by atoms with Crippen molar-refractivity contribution in [2.24, 2.45) is 0 Å². The molecule has 0 radical (unpaired) electrons. The monoisotopic (exact) mass is 253 g/mol. The molecule has 1 atom stereocenters.